The Bertz CT molecular complexity index is 407. The van der Waals surface area contributed by atoms with Crippen molar-refractivity contribution >= 4 is 18.6 Å². The van der Waals surface area contributed by atoms with Gasteiger partial charge in [0, 0.05) is 12.2 Å². The van der Waals surface area contributed by atoms with Gasteiger partial charge in [0.25, 0.3) is 0 Å². The van der Waals surface area contributed by atoms with Gasteiger partial charge < -0.3 is 14.4 Å². The van der Waals surface area contributed by atoms with Crippen molar-refractivity contribution in [2.75, 3.05) is 25.1 Å². The summed E-state index contributed by atoms with van der Waals surface area (Å²) in [5.41, 5.74) is 1.01. The number of rotatable bonds is 8. The monoisotopic (exact) mass is 285 g/mol. The average molecular weight is 285 g/mol. The van der Waals surface area contributed by atoms with E-state index in [1.807, 2.05) is 26.0 Å². The van der Waals surface area contributed by atoms with Crippen LogP contribution in [0.4, 0.5) is 5.69 Å². The van der Waals surface area contributed by atoms with E-state index in [9.17, 15) is 4.57 Å². The van der Waals surface area contributed by atoms with E-state index >= 15 is 0 Å². The van der Waals surface area contributed by atoms with Gasteiger partial charge in [-0.05, 0) is 44.0 Å². The van der Waals surface area contributed by atoms with Gasteiger partial charge in [0.2, 0.25) is 0 Å². The Labute approximate surface area is 116 Å². The molecule has 0 fully saturated rings. The van der Waals surface area contributed by atoms with E-state index in [0.717, 1.165) is 12.2 Å². The third kappa shape index (κ3) is 4.98. The van der Waals surface area contributed by atoms with Crippen LogP contribution in [0, 0.1) is 5.92 Å². The molecular formula is C14H24NO3P. The molecule has 0 aliphatic heterocycles. The van der Waals surface area contributed by atoms with Gasteiger partial charge in [0.1, 0.15) is 0 Å². The topological polar surface area (TPSA) is 47.6 Å². The number of anilines is 1. The second-order valence-corrected chi connectivity index (χ2v) is 6.68. The highest BCUT2D eigenvalue weighted by Crippen LogP contribution is 2.46. The van der Waals surface area contributed by atoms with Gasteiger partial charge in [-0.2, -0.15) is 0 Å². The zero-order valence-electron chi connectivity index (χ0n) is 12.2. The fourth-order valence-electron chi connectivity index (χ4n) is 1.61. The maximum Gasteiger partial charge on any atom is 0.361 e. The van der Waals surface area contributed by atoms with Gasteiger partial charge in [-0.1, -0.05) is 13.8 Å². The zero-order valence-corrected chi connectivity index (χ0v) is 13.1. The first-order valence-electron chi connectivity index (χ1n) is 6.75. The summed E-state index contributed by atoms with van der Waals surface area (Å²) in [5, 5.41) is 3.92. The van der Waals surface area contributed by atoms with Crippen LogP contribution in [0.25, 0.3) is 0 Å². The zero-order chi connectivity index (χ0) is 14.3. The van der Waals surface area contributed by atoms with E-state index in [1.54, 1.807) is 12.1 Å². The van der Waals surface area contributed by atoms with Crippen LogP contribution in [0.3, 0.4) is 0 Å². The van der Waals surface area contributed by atoms with Gasteiger partial charge in [-0.25, -0.2) is 0 Å². The first-order chi connectivity index (χ1) is 9.01. The van der Waals surface area contributed by atoms with E-state index < -0.39 is 7.60 Å². The Morgan fingerprint density at radius 1 is 1.11 bits per heavy atom. The van der Waals surface area contributed by atoms with Gasteiger partial charge in [0.15, 0.2) is 0 Å². The summed E-state index contributed by atoms with van der Waals surface area (Å²) >= 11 is 0. The predicted octanol–water partition coefficient (Wildman–Crippen LogP) is 3.65. The standard InChI is InChI=1S/C14H24NO3P/c1-5-17-19(16,18-6-2)14-9-7-13(8-10-14)15-11-12(3)4/h7-10,12,15H,5-6,11H2,1-4H3. The van der Waals surface area contributed by atoms with E-state index in [2.05, 4.69) is 19.2 Å². The van der Waals surface area contributed by atoms with Crippen molar-refractivity contribution in [3.63, 3.8) is 0 Å². The van der Waals surface area contributed by atoms with Gasteiger partial charge >= 0.3 is 7.60 Å². The van der Waals surface area contributed by atoms with Crippen LogP contribution >= 0.6 is 7.60 Å². The Hall–Kier alpha value is -0.830. The molecule has 108 valence electrons. The Kier molecular flexibility index (Phi) is 6.56. The molecule has 0 aliphatic rings. The van der Waals surface area contributed by atoms with Crippen LogP contribution in [0.1, 0.15) is 27.7 Å². The van der Waals surface area contributed by atoms with Gasteiger partial charge in [0.05, 0.1) is 18.5 Å². The molecular weight excluding hydrogens is 261 g/mol. The third-order valence-corrected chi connectivity index (χ3v) is 4.62. The molecule has 0 saturated carbocycles. The quantitative estimate of drug-likeness (QED) is 0.741. The fraction of sp³-hybridized carbons (Fsp3) is 0.571. The first kappa shape index (κ1) is 16.2. The Morgan fingerprint density at radius 3 is 2.05 bits per heavy atom. The highest BCUT2D eigenvalue weighted by atomic mass is 31.2. The molecule has 0 bridgehead atoms. The van der Waals surface area contributed by atoms with Crippen molar-refractivity contribution in [2.45, 2.75) is 27.7 Å². The maximum atomic E-state index is 12.5. The molecule has 0 saturated heterocycles. The molecule has 0 radical (unpaired) electrons. The molecule has 0 aliphatic carbocycles. The minimum absolute atomic E-state index is 0.366. The summed E-state index contributed by atoms with van der Waals surface area (Å²) in [7, 11) is -3.16. The third-order valence-electron chi connectivity index (χ3n) is 2.50. The molecule has 4 nitrogen and oxygen atoms in total. The molecule has 0 amide bonds. The highest BCUT2D eigenvalue weighted by Gasteiger charge is 2.26. The fourth-order valence-corrected chi connectivity index (χ4v) is 3.18. The summed E-state index contributed by atoms with van der Waals surface area (Å²) in [5.74, 6) is 0.581. The summed E-state index contributed by atoms with van der Waals surface area (Å²) in [6.45, 7) is 9.57. The molecule has 19 heavy (non-hydrogen) atoms. The average Bonchev–Trinajstić information content (AvgIpc) is 2.37. The lowest BCUT2D eigenvalue weighted by Crippen LogP contribution is -2.12. The predicted molar refractivity (Wildman–Crippen MR) is 80.3 cm³/mol. The van der Waals surface area contributed by atoms with Crippen LogP contribution in [0.2, 0.25) is 0 Å². The van der Waals surface area contributed by atoms with E-state index in [1.165, 1.54) is 0 Å². The molecule has 0 atom stereocenters. The van der Waals surface area contributed by atoms with Crippen LogP contribution in [-0.4, -0.2) is 19.8 Å². The minimum Gasteiger partial charge on any atom is -0.385 e. The van der Waals surface area contributed by atoms with Crippen molar-refractivity contribution in [3.05, 3.63) is 24.3 Å². The summed E-state index contributed by atoms with van der Waals surface area (Å²) in [6, 6.07) is 7.41. The Morgan fingerprint density at radius 2 is 1.63 bits per heavy atom. The van der Waals surface area contributed by atoms with Gasteiger partial charge in [-0.3, -0.25) is 4.57 Å². The summed E-state index contributed by atoms with van der Waals surface area (Å²) in [6.07, 6.45) is 0. The lowest BCUT2D eigenvalue weighted by Gasteiger charge is -2.17. The molecule has 0 spiro atoms. The molecule has 1 N–H and O–H groups in total. The van der Waals surface area contributed by atoms with Crippen LogP contribution in [0.5, 0.6) is 0 Å². The smallest absolute Gasteiger partial charge is 0.361 e. The van der Waals surface area contributed by atoms with E-state index in [-0.39, 0.29) is 0 Å². The van der Waals surface area contributed by atoms with Crippen molar-refractivity contribution < 1.29 is 13.6 Å². The summed E-state index contributed by atoms with van der Waals surface area (Å²) in [4.78, 5) is 0. The van der Waals surface area contributed by atoms with Gasteiger partial charge in [-0.15, -0.1) is 0 Å². The second-order valence-electron chi connectivity index (χ2n) is 4.65. The van der Waals surface area contributed by atoms with E-state index in [0.29, 0.717) is 24.4 Å². The lowest BCUT2D eigenvalue weighted by atomic mass is 10.2. The number of hydrogen-bond donors (Lipinski definition) is 1. The molecule has 1 aromatic rings. The highest BCUT2D eigenvalue weighted by molar-refractivity contribution is 7.62. The molecule has 0 unspecified atom stereocenters. The van der Waals surface area contributed by atoms with E-state index in [4.69, 9.17) is 9.05 Å². The molecule has 0 aromatic heterocycles. The van der Waals surface area contributed by atoms with Crippen LogP contribution < -0.4 is 10.6 Å². The lowest BCUT2D eigenvalue weighted by molar-refractivity contribution is 0.230. The largest absolute Gasteiger partial charge is 0.385 e. The SMILES string of the molecule is CCOP(=O)(OCC)c1ccc(NCC(C)C)cc1. The normalized spacial score (nSPS) is 11.8. The number of hydrogen-bond acceptors (Lipinski definition) is 4. The maximum absolute atomic E-state index is 12.5. The molecule has 1 rings (SSSR count). The first-order valence-corrected chi connectivity index (χ1v) is 8.29. The summed E-state index contributed by atoms with van der Waals surface area (Å²) < 4.78 is 23.1. The Balaban J connectivity index is 2.80. The van der Waals surface area contributed by atoms with Crippen LogP contribution in [0.15, 0.2) is 24.3 Å². The van der Waals surface area contributed by atoms with Crippen molar-refractivity contribution in [1.82, 2.24) is 0 Å². The molecule has 0 heterocycles. The van der Waals surface area contributed by atoms with Crippen molar-refractivity contribution in [3.8, 4) is 0 Å². The number of nitrogens with one attached hydrogen (secondary N) is 1. The second kappa shape index (κ2) is 7.68. The molecule has 5 heteroatoms. The van der Waals surface area contributed by atoms with Crippen LogP contribution in [-0.2, 0) is 13.6 Å². The minimum atomic E-state index is -3.16. The van der Waals surface area contributed by atoms with Crippen molar-refractivity contribution in [2.24, 2.45) is 5.92 Å². The molecule has 1 aromatic carbocycles. The van der Waals surface area contributed by atoms with Crippen molar-refractivity contribution in [1.29, 1.82) is 0 Å². The number of benzene rings is 1.